The fourth-order valence-corrected chi connectivity index (χ4v) is 5.00. The topological polar surface area (TPSA) is 79.0 Å². The Morgan fingerprint density at radius 1 is 1.10 bits per heavy atom. The molecule has 1 saturated heterocycles. The zero-order valence-electron chi connectivity index (χ0n) is 17.5. The highest BCUT2D eigenvalue weighted by atomic mass is 32.2. The highest BCUT2D eigenvalue weighted by Gasteiger charge is 2.26. The van der Waals surface area contributed by atoms with Gasteiger partial charge in [-0.05, 0) is 24.6 Å². The Bertz CT molecular complexity index is 972. The first-order chi connectivity index (χ1) is 14.4. The van der Waals surface area contributed by atoms with Gasteiger partial charge < -0.3 is 15.0 Å². The van der Waals surface area contributed by atoms with Gasteiger partial charge in [-0.2, -0.15) is 4.31 Å². The van der Waals surface area contributed by atoms with Gasteiger partial charge in [0.1, 0.15) is 5.75 Å². The first-order valence-electron chi connectivity index (χ1n) is 10.1. The number of para-hydroxylation sites is 1. The molecule has 0 saturated carbocycles. The fourth-order valence-electron chi connectivity index (χ4n) is 3.55. The number of amides is 1. The van der Waals surface area contributed by atoms with Crippen molar-refractivity contribution in [2.45, 2.75) is 13.5 Å². The van der Waals surface area contributed by atoms with E-state index in [4.69, 9.17) is 4.74 Å². The summed E-state index contributed by atoms with van der Waals surface area (Å²) >= 11 is 0. The van der Waals surface area contributed by atoms with Crippen LogP contribution in [0.3, 0.4) is 0 Å². The predicted octanol–water partition coefficient (Wildman–Crippen LogP) is 1.88. The van der Waals surface area contributed by atoms with E-state index in [-0.39, 0.29) is 24.7 Å². The van der Waals surface area contributed by atoms with Crippen molar-refractivity contribution in [3.05, 3.63) is 65.2 Å². The summed E-state index contributed by atoms with van der Waals surface area (Å²) in [6.07, 6.45) is 0. The number of carbonyl (C=O) groups is 1. The molecule has 0 radical (unpaired) electrons. The van der Waals surface area contributed by atoms with Crippen LogP contribution in [0.5, 0.6) is 5.75 Å². The molecular formula is C22H29N3O4S. The molecule has 1 aliphatic rings. The number of nitrogens with one attached hydrogen (secondary N) is 1. The molecule has 0 aromatic heterocycles. The molecule has 1 N–H and O–H groups in total. The summed E-state index contributed by atoms with van der Waals surface area (Å²) in [6, 6.07) is 14.8. The summed E-state index contributed by atoms with van der Waals surface area (Å²) in [4.78, 5) is 14.9. The molecule has 0 aliphatic carbocycles. The minimum atomic E-state index is -3.44. The molecule has 0 atom stereocenters. The molecule has 3 rings (SSSR count). The third-order valence-electron chi connectivity index (χ3n) is 5.30. The van der Waals surface area contributed by atoms with Crippen LogP contribution in [0.1, 0.15) is 21.5 Å². The van der Waals surface area contributed by atoms with Crippen molar-refractivity contribution >= 4 is 15.9 Å². The monoisotopic (exact) mass is 431 g/mol. The molecule has 2 aromatic carbocycles. The predicted molar refractivity (Wildman–Crippen MR) is 117 cm³/mol. The SMILES string of the molecule is COc1ccccc1CN(CCS(=O)(=O)N1CCNCC1)C(=O)c1ccccc1C. The molecule has 8 heteroatoms. The third-order valence-corrected chi connectivity index (χ3v) is 7.16. The fraction of sp³-hybridized carbons (Fsp3) is 0.409. The Morgan fingerprint density at radius 3 is 2.47 bits per heavy atom. The Kier molecular flexibility index (Phi) is 7.47. The lowest BCUT2D eigenvalue weighted by molar-refractivity contribution is 0.0751. The van der Waals surface area contributed by atoms with E-state index >= 15 is 0 Å². The number of methoxy groups -OCH3 is 1. The standard InChI is InChI=1S/C22H29N3O4S/c1-18-7-3-5-9-20(18)22(26)24(17-19-8-4-6-10-21(19)29-2)15-16-30(27,28)25-13-11-23-12-14-25/h3-10,23H,11-17H2,1-2H3. The number of nitrogens with zero attached hydrogens (tertiary/aromatic N) is 2. The van der Waals surface area contributed by atoms with E-state index in [0.717, 1.165) is 11.1 Å². The van der Waals surface area contributed by atoms with Gasteiger partial charge in [0, 0.05) is 50.4 Å². The van der Waals surface area contributed by atoms with Crippen molar-refractivity contribution in [2.75, 3.05) is 45.6 Å². The Labute approximate surface area is 178 Å². The summed E-state index contributed by atoms with van der Waals surface area (Å²) in [5, 5.41) is 3.16. The second-order valence-corrected chi connectivity index (χ2v) is 9.41. The van der Waals surface area contributed by atoms with Gasteiger partial charge in [-0.25, -0.2) is 8.42 Å². The Morgan fingerprint density at radius 2 is 1.77 bits per heavy atom. The van der Waals surface area contributed by atoms with Crippen LogP contribution in [-0.4, -0.2) is 69.1 Å². The maximum atomic E-state index is 13.3. The third kappa shape index (κ3) is 5.38. The number of hydrogen-bond donors (Lipinski definition) is 1. The quantitative estimate of drug-likeness (QED) is 0.691. The van der Waals surface area contributed by atoms with Crippen LogP contribution in [0, 0.1) is 6.92 Å². The van der Waals surface area contributed by atoms with Gasteiger partial charge in [0.25, 0.3) is 5.91 Å². The number of hydrogen-bond acceptors (Lipinski definition) is 5. The normalized spacial score (nSPS) is 15.0. The van der Waals surface area contributed by atoms with Crippen LogP contribution >= 0.6 is 0 Å². The molecule has 2 aromatic rings. The molecule has 162 valence electrons. The highest BCUT2D eigenvalue weighted by molar-refractivity contribution is 7.89. The largest absolute Gasteiger partial charge is 0.496 e. The van der Waals surface area contributed by atoms with E-state index in [1.165, 1.54) is 4.31 Å². The van der Waals surface area contributed by atoms with Crippen molar-refractivity contribution in [1.29, 1.82) is 0 Å². The lowest BCUT2D eigenvalue weighted by Gasteiger charge is -2.29. The second kappa shape index (κ2) is 10.1. The van der Waals surface area contributed by atoms with E-state index < -0.39 is 10.0 Å². The number of benzene rings is 2. The maximum absolute atomic E-state index is 13.3. The molecule has 1 amide bonds. The Hall–Kier alpha value is -2.42. The minimum Gasteiger partial charge on any atom is -0.496 e. The van der Waals surface area contributed by atoms with Crippen LogP contribution in [0.2, 0.25) is 0 Å². The van der Waals surface area contributed by atoms with Crippen molar-refractivity contribution in [3.63, 3.8) is 0 Å². The van der Waals surface area contributed by atoms with Crippen molar-refractivity contribution in [1.82, 2.24) is 14.5 Å². The van der Waals surface area contributed by atoms with Gasteiger partial charge in [-0.1, -0.05) is 36.4 Å². The van der Waals surface area contributed by atoms with Crippen LogP contribution in [-0.2, 0) is 16.6 Å². The highest BCUT2D eigenvalue weighted by Crippen LogP contribution is 2.21. The molecule has 0 spiro atoms. The summed E-state index contributed by atoms with van der Waals surface area (Å²) in [5.41, 5.74) is 2.27. The Balaban J connectivity index is 1.83. The smallest absolute Gasteiger partial charge is 0.254 e. The van der Waals surface area contributed by atoms with Gasteiger partial charge in [0.2, 0.25) is 10.0 Å². The molecule has 1 aliphatic heterocycles. The van der Waals surface area contributed by atoms with Crippen LogP contribution in [0.15, 0.2) is 48.5 Å². The van der Waals surface area contributed by atoms with E-state index in [1.54, 1.807) is 18.1 Å². The second-order valence-electron chi connectivity index (χ2n) is 7.32. The molecule has 7 nitrogen and oxygen atoms in total. The van der Waals surface area contributed by atoms with E-state index in [2.05, 4.69) is 5.32 Å². The molecule has 1 fully saturated rings. The maximum Gasteiger partial charge on any atom is 0.254 e. The summed E-state index contributed by atoms with van der Waals surface area (Å²) in [5.74, 6) is 0.374. The van der Waals surface area contributed by atoms with Gasteiger partial charge in [-0.15, -0.1) is 0 Å². The van der Waals surface area contributed by atoms with Crippen molar-refractivity contribution in [2.24, 2.45) is 0 Å². The lowest BCUT2D eigenvalue weighted by Crippen LogP contribution is -2.48. The minimum absolute atomic E-state index is 0.109. The van der Waals surface area contributed by atoms with Crippen molar-refractivity contribution < 1.29 is 17.9 Å². The average Bonchev–Trinajstić information content (AvgIpc) is 2.77. The zero-order chi connectivity index (χ0) is 21.6. The van der Waals surface area contributed by atoms with Crippen LogP contribution < -0.4 is 10.1 Å². The molecule has 0 bridgehead atoms. The summed E-state index contributed by atoms with van der Waals surface area (Å²) in [6.45, 7) is 4.47. The number of rotatable bonds is 8. The average molecular weight is 432 g/mol. The molecule has 1 heterocycles. The van der Waals surface area contributed by atoms with E-state index in [1.807, 2.05) is 49.4 Å². The zero-order valence-corrected chi connectivity index (χ0v) is 18.3. The van der Waals surface area contributed by atoms with Gasteiger partial charge >= 0.3 is 0 Å². The number of piperazine rings is 1. The first-order valence-corrected chi connectivity index (χ1v) is 11.7. The van der Waals surface area contributed by atoms with Crippen LogP contribution in [0.25, 0.3) is 0 Å². The van der Waals surface area contributed by atoms with E-state index in [0.29, 0.717) is 37.5 Å². The van der Waals surface area contributed by atoms with Crippen LogP contribution in [0.4, 0.5) is 0 Å². The van der Waals surface area contributed by atoms with E-state index in [9.17, 15) is 13.2 Å². The molecule has 30 heavy (non-hydrogen) atoms. The molecular weight excluding hydrogens is 402 g/mol. The number of carbonyl (C=O) groups excluding carboxylic acids is 1. The number of sulfonamides is 1. The van der Waals surface area contributed by atoms with Gasteiger partial charge in [0.05, 0.1) is 12.9 Å². The van der Waals surface area contributed by atoms with Gasteiger partial charge in [-0.3, -0.25) is 4.79 Å². The summed E-state index contributed by atoms with van der Waals surface area (Å²) < 4.78 is 32.6. The summed E-state index contributed by atoms with van der Waals surface area (Å²) in [7, 11) is -1.86. The van der Waals surface area contributed by atoms with Gasteiger partial charge in [0.15, 0.2) is 0 Å². The first kappa shape index (κ1) is 22.3. The number of aryl methyl sites for hydroxylation is 1. The number of ether oxygens (including phenoxy) is 1. The lowest BCUT2D eigenvalue weighted by atomic mass is 10.1. The van der Waals surface area contributed by atoms with Crippen molar-refractivity contribution in [3.8, 4) is 5.75 Å². The molecule has 0 unspecified atom stereocenters.